The number of unbranched alkanes of at least 4 members (excludes halogenated alkanes) is 1. The van der Waals surface area contributed by atoms with Gasteiger partial charge >= 0.3 is 19.3 Å². The van der Waals surface area contributed by atoms with Crippen molar-refractivity contribution in [2.24, 2.45) is 0 Å². The molecule has 27 heavy (non-hydrogen) atoms. The smallest absolute Gasteiger partial charge is 0.338 e. The predicted octanol–water partition coefficient (Wildman–Crippen LogP) is 3.33. The van der Waals surface area contributed by atoms with Crippen LogP contribution in [0.4, 0.5) is 0 Å². The molecule has 0 rings (SSSR count). The second kappa shape index (κ2) is 12.9. The Hall–Kier alpha value is -1.43. The second-order valence-corrected chi connectivity index (χ2v) is 10.1. The van der Waals surface area contributed by atoms with E-state index in [4.69, 9.17) is 9.26 Å². The maximum absolute atomic E-state index is 12.6. The van der Waals surface area contributed by atoms with Crippen molar-refractivity contribution in [3.63, 3.8) is 0 Å². The summed E-state index contributed by atoms with van der Waals surface area (Å²) in [6.45, 7) is 14.0. The van der Waals surface area contributed by atoms with Gasteiger partial charge in [0.25, 0.3) is 0 Å². The Morgan fingerprint density at radius 1 is 1.07 bits per heavy atom. The van der Waals surface area contributed by atoms with Crippen molar-refractivity contribution >= 4 is 19.3 Å². The van der Waals surface area contributed by atoms with E-state index in [-0.39, 0.29) is 28.8 Å². The van der Waals surface area contributed by atoms with Crippen LogP contribution in [0.2, 0.25) is 0 Å². The first-order valence-electron chi connectivity index (χ1n) is 8.99. The van der Waals surface area contributed by atoms with Crippen molar-refractivity contribution in [3.05, 3.63) is 24.3 Å². The number of ether oxygens (including phenoxy) is 1. The van der Waals surface area contributed by atoms with Gasteiger partial charge in [0.15, 0.2) is 5.78 Å². The third kappa shape index (κ3) is 11.1. The summed E-state index contributed by atoms with van der Waals surface area (Å²) in [6, 6.07) is 0. The lowest BCUT2D eigenvalue weighted by Gasteiger charge is -2.36. The van der Waals surface area contributed by atoms with Gasteiger partial charge in [0.1, 0.15) is 6.61 Å². The Kier molecular flexibility index (Phi) is 13.2. The van der Waals surface area contributed by atoms with Crippen molar-refractivity contribution in [1.29, 1.82) is 0 Å². The molecule has 0 aliphatic heterocycles. The maximum atomic E-state index is 12.6. The van der Waals surface area contributed by atoms with Crippen molar-refractivity contribution < 1.29 is 33.0 Å². The molecule has 0 amide bonds. The zero-order valence-corrected chi connectivity index (χ0v) is 18.8. The molecule has 2 unspecified atom stereocenters. The highest BCUT2D eigenvalue weighted by molar-refractivity contribution is 7.60. The summed E-state index contributed by atoms with van der Waals surface area (Å²) >= 11 is 0. The van der Waals surface area contributed by atoms with E-state index < -0.39 is 19.1 Å². The molecule has 158 valence electrons. The Balaban J connectivity index is 0. The highest BCUT2D eigenvalue weighted by Crippen LogP contribution is 2.53. The summed E-state index contributed by atoms with van der Waals surface area (Å²) in [7, 11) is 2.18. The molecule has 0 fully saturated rings. The predicted molar refractivity (Wildman–Crippen MR) is 109 cm³/mol. The molecule has 1 N–H and O–H groups in total. The van der Waals surface area contributed by atoms with Crippen LogP contribution in [-0.2, 0) is 23.4 Å². The van der Waals surface area contributed by atoms with Crippen LogP contribution in [0.25, 0.3) is 0 Å². The van der Waals surface area contributed by atoms with E-state index in [1.165, 1.54) is 6.92 Å². The van der Waals surface area contributed by atoms with E-state index in [1.807, 2.05) is 0 Å². The molecule has 0 aromatic carbocycles. The molecule has 0 aliphatic carbocycles. The molecule has 0 aromatic rings. The number of likely N-dealkylation sites (N-methyl/N-ethyl adjacent to an activating group) is 1. The average Bonchev–Trinajstić information content (AvgIpc) is 2.54. The summed E-state index contributed by atoms with van der Waals surface area (Å²) in [5.41, 5.74) is 0.674. The van der Waals surface area contributed by atoms with Crippen molar-refractivity contribution in [3.8, 4) is 0 Å². The van der Waals surface area contributed by atoms with Crippen molar-refractivity contribution in [2.75, 3.05) is 40.5 Å². The van der Waals surface area contributed by atoms with E-state index in [9.17, 15) is 19.3 Å². The van der Waals surface area contributed by atoms with Gasteiger partial charge < -0.3 is 18.9 Å². The van der Waals surface area contributed by atoms with E-state index in [1.54, 1.807) is 35.0 Å². The van der Waals surface area contributed by atoms with Crippen LogP contribution < -0.4 is 0 Å². The summed E-state index contributed by atoms with van der Waals surface area (Å²) in [5.74, 6) is -1.56. The maximum Gasteiger partial charge on any atom is 0.338 e. The minimum Gasteiger partial charge on any atom is -0.462 e. The van der Waals surface area contributed by atoms with Crippen LogP contribution in [0.1, 0.15) is 40.5 Å². The van der Waals surface area contributed by atoms with Crippen LogP contribution in [-0.4, -0.2) is 67.8 Å². The molecule has 0 radical (unpaired) electrons. The van der Waals surface area contributed by atoms with Crippen LogP contribution in [0, 0.1) is 0 Å². The normalized spacial score (nSPS) is 14.1. The molecule has 0 bridgehead atoms. The lowest BCUT2D eigenvalue weighted by molar-refractivity contribution is -0.883. The topological polar surface area (TPSA) is 89.9 Å². The fourth-order valence-electron chi connectivity index (χ4n) is 1.88. The van der Waals surface area contributed by atoms with Crippen molar-refractivity contribution in [2.45, 2.75) is 46.3 Å². The SMILES string of the molecule is C=C(C)C(=O)OCCCC.C=C(C)C(=O)OP(=O)(CC)C(CO)[N+](C)(C)C. The summed E-state index contributed by atoms with van der Waals surface area (Å²) in [6.07, 6.45) is 2.18. The number of hydrogen-bond acceptors (Lipinski definition) is 6. The van der Waals surface area contributed by atoms with E-state index in [2.05, 4.69) is 20.1 Å². The fraction of sp³-hybridized carbons (Fsp3) is 0.684. The highest BCUT2D eigenvalue weighted by atomic mass is 31.2. The average molecular weight is 406 g/mol. The van der Waals surface area contributed by atoms with Gasteiger partial charge in [-0.05, 0) is 20.3 Å². The number of carbonyl (C=O) groups excluding carboxylic acids is 2. The summed E-state index contributed by atoms with van der Waals surface area (Å²) in [5, 5.41) is 9.38. The van der Waals surface area contributed by atoms with Crippen molar-refractivity contribution in [1.82, 2.24) is 0 Å². The van der Waals surface area contributed by atoms with Crippen LogP contribution >= 0.6 is 7.37 Å². The van der Waals surface area contributed by atoms with Gasteiger partial charge in [0.05, 0.1) is 27.7 Å². The zero-order valence-electron chi connectivity index (χ0n) is 17.9. The number of quaternary nitrogens is 1. The number of hydrogen-bond donors (Lipinski definition) is 1. The monoisotopic (exact) mass is 406 g/mol. The molecule has 0 saturated carbocycles. The minimum atomic E-state index is -3.23. The van der Waals surface area contributed by atoms with Gasteiger partial charge in [-0.2, -0.15) is 0 Å². The lowest BCUT2D eigenvalue weighted by Crippen LogP contribution is -2.47. The lowest BCUT2D eigenvalue weighted by atomic mass is 10.3. The Morgan fingerprint density at radius 3 is 1.85 bits per heavy atom. The second-order valence-electron chi connectivity index (χ2n) is 7.25. The third-order valence-corrected chi connectivity index (χ3v) is 6.74. The quantitative estimate of drug-likeness (QED) is 0.197. The molecule has 0 spiro atoms. The third-order valence-electron chi connectivity index (χ3n) is 3.62. The van der Waals surface area contributed by atoms with Gasteiger partial charge in [0, 0.05) is 17.3 Å². The van der Waals surface area contributed by atoms with E-state index in [0.717, 1.165) is 12.8 Å². The molecule has 8 heteroatoms. The fourth-order valence-corrected chi connectivity index (χ4v) is 4.30. The summed E-state index contributed by atoms with van der Waals surface area (Å²) < 4.78 is 22.8. The molecular formula is C19H37NO6P+. The number of esters is 1. The first-order chi connectivity index (χ1) is 12.3. The Bertz CT molecular complexity index is 565. The van der Waals surface area contributed by atoms with Gasteiger partial charge in [-0.15, -0.1) is 0 Å². The standard InChI is InChI=1S/C11H23NO4P.C8H14O2/c1-7-17(15,16-11(14)9(2)3)10(8-13)12(4,5)6;1-4-5-6-10-8(9)7(2)3/h10,13H,2,7-8H2,1,3-6H3;2,4-6H2,1,3H3/q+1;. The molecule has 7 nitrogen and oxygen atoms in total. The van der Waals surface area contributed by atoms with Crippen LogP contribution in [0.3, 0.4) is 0 Å². The van der Waals surface area contributed by atoms with E-state index in [0.29, 0.717) is 12.2 Å². The molecule has 0 saturated heterocycles. The first-order valence-corrected chi connectivity index (χ1v) is 10.9. The first kappa shape index (κ1) is 27.8. The van der Waals surface area contributed by atoms with Gasteiger partial charge in [0.2, 0.25) is 0 Å². The minimum absolute atomic E-state index is 0.201. The molecule has 0 aliphatic rings. The highest BCUT2D eigenvalue weighted by Gasteiger charge is 2.44. The number of nitrogens with zero attached hydrogens (tertiary/aromatic N) is 1. The number of aliphatic hydroxyl groups is 1. The molecular weight excluding hydrogens is 369 g/mol. The number of aliphatic hydroxyl groups excluding tert-OH is 1. The van der Waals surface area contributed by atoms with Crippen LogP contribution in [0.5, 0.6) is 0 Å². The number of rotatable bonds is 10. The Labute approximate surface area is 164 Å². The molecule has 0 heterocycles. The Morgan fingerprint density at radius 2 is 1.56 bits per heavy atom. The van der Waals surface area contributed by atoms with E-state index >= 15 is 0 Å². The summed E-state index contributed by atoms with van der Waals surface area (Å²) in [4.78, 5) is 22.2. The van der Waals surface area contributed by atoms with Gasteiger partial charge in [-0.1, -0.05) is 33.4 Å². The van der Waals surface area contributed by atoms with Gasteiger partial charge in [-0.3, -0.25) is 4.57 Å². The largest absolute Gasteiger partial charge is 0.462 e. The molecule has 0 aromatic heterocycles. The zero-order chi connectivity index (χ0) is 21.8. The van der Waals surface area contributed by atoms with Crippen LogP contribution in [0.15, 0.2) is 24.3 Å². The molecule has 2 atom stereocenters. The van der Waals surface area contributed by atoms with Gasteiger partial charge in [-0.25, -0.2) is 9.59 Å². The number of carbonyl (C=O) groups is 2.